The van der Waals surface area contributed by atoms with E-state index in [2.05, 4.69) is 5.32 Å². The quantitative estimate of drug-likeness (QED) is 0.743. The van der Waals surface area contributed by atoms with Crippen molar-refractivity contribution in [2.75, 3.05) is 20.2 Å². The number of amides is 2. The molecule has 1 saturated heterocycles. The van der Waals surface area contributed by atoms with Crippen LogP contribution in [0.1, 0.15) is 29.3 Å². The van der Waals surface area contributed by atoms with Gasteiger partial charge in [-0.25, -0.2) is 4.39 Å². The Morgan fingerprint density at radius 2 is 2.00 bits per heavy atom. The normalized spacial score (nSPS) is 16.1. The average Bonchev–Trinajstić information content (AvgIpc) is 3.08. The van der Waals surface area contributed by atoms with E-state index in [1.54, 1.807) is 23.1 Å². The molecular formula is C21H24FN3O4. The van der Waals surface area contributed by atoms with Crippen LogP contribution in [0, 0.1) is 5.82 Å². The van der Waals surface area contributed by atoms with E-state index in [-0.39, 0.29) is 42.3 Å². The Hall–Kier alpha value is -3.13. The summed E-state index contributed by atoms with van der Waals surface area (Å²) in [7, 11) is 1.46. The lowest BCUT2D eigenvalue weighted by atomic mass is 10.1. The van der Waals surface area contributed by atoms with Gasteiger partial charge in [0.25, 0.3) is 5.91 Å². The summed E-state index contributed by atoms with van der Waals surface area (Å²) in [4.78, 5) is 26.2. The van der Waals surface area contributed by atoms with Gasteiger partial charge < -0.3 is 25.4 Å². The highest BCUT2D eigenvalue weighted by Crippen LogP contribution is 2.34. The largest absolute Gasteiger partial charge is 0.493 e. The van der Waals surface area contributed by atoms with Gasteiger partial charge in [-0.3, -0.25) is 9.59 Å². The van der Waals surface area contributed by atoms with Crippen molar-refractivity contribution in [1.29, 1.82) is 0 Å². The Bertz CT molecular complexity index is 919. The SMILES string of the molecule is CCN1CC(NC(=O)c2ccc(OC)c(Oc3ccc(CN)cc3F)c2)CC1=O. The van der Waals surface area contributed by atoms with Gasteiger partial charge in [-0.1, -0.05) is 6.07 Å². The topological polar surface area (TPSA) is 93.9 Å². The highest BCUT2D eigenvalue weighted by Gasteiger charge is 2.29. The molecule has 0 saturated carbocycles. The first-order valence-electron chi connectivity index (χ1n) is 9.38. The van der Waals surface area contributed by atoms with E-state index in [1.165, 1.54) is 25.3 Å². The second kappa shape index (κ2) is 8.91. The van der Waals surface area contributed by atoms with Crippen LogP contribution in [0.2, 0.25) is 0 Å². The molecule has 1 atom stereocenters. The number of carbonyl (C=O) groups excluding carboxylic acids is 2. The second-order valence-electron chi connectivity index (χ2n) is 6.74. The lowest BCUT2D eigenvalue weighted by Crippen LogP contribution is -2.37. The maximum Gasteiger partial charge on any atom is 0.251 e. The molecule has 1 heterocycles. The molecule has 1 unspecified atom stereocenters. The fourth-order valence-electron chi connectivity index (χ4n) is 3.21. The summed E-state index contributed by atoms with van der Waals surface area (Å²) in [5, 5.41) is 2.86. The predicted octanol–water partition coefficient (Wildman–Crippen LogP) is 2.44. The highest BCUT2D eigenvalue weighted by atomic mass is 19.1. The van der Waals surface area contributed by atoms with E-state index in [1.807, 2.05) is 6.92 Å². The number of benzene rings is 2. The second-order valence-corrected chi connectivity index (χ2v) is 6.74. The van der Waals surface area contributed by atoms with Gasteiger partial charge >= 0.3 is 0 Å². The number of hydrogen-bond donors (Lipinski definition) is 2. The number of likely N-dealkylation sites (tertiary alicyclic amines) is 1. The fourth-order valence-corrected chi connectivity index (χ4v) is 3.21. The first-order chi connectivity index (χ1) is 13.9. The molecule has 7 nitrogen and oxygen atoms in total. The smallest absolute Gasteiger partial charge is 0.251 e. The standard InChI is InChI=1S/C21H24FN3O4/c1-3-25-12-15(10-20(25)26)24-21(27)14-5-7-18(28-2)19(9-14)29-17-6-4-13(11-23)8-16(17)22/h4-9,15H,3,10-12,23H2,1-2H3,(H,24,27). The van der Waals surface area contributed by atoms with Crippen molar-refractivity contribution in [1.82, 2.24) is 10.2 Å². The van der Waals surface area contributed by atoms with Gasteiger partial charge in [0.1, 0.15) is 0 Å². The van der Waals surface area contributed by atoms with Crippen molar-refractivity contribution >= 4 is 11.8 Å². The maximum absolute atomic E-state index is 14.3. The predicted molar refractivity (Wildman–Crippen MR) is 105 cm³/mol. The van der Waals surface area contributed by atoms with Crippen LogP contribution in [0.15, 0.2) is 36.4 Å². The molecule has 0 bridgehead atoms. The zero-order chi connectivity index (χ0) is 21.0. The number of nitrogens with one attached hydrogen (secondary N) is 1. The Morgan fingerprint density at radius 3 is 2.62 bits per heavy atom. The summed E-state index contributed by atoms with van der Waals surface area (Å²) >= 11 is 0. The molecule has 1 fully saturated rings. The van der Waals surface area contributed by atoms with Crippen LogP contribution in [0.4, 0.5) is 4.39 Å². The number of carbonyl (C=O) groups is 2. The Labute approximate surface area is 168 Å². The number of rotatable bonds is 7. The van der Waals surface area contributed by atoms with E-state index < -0.39 is 5.82 Å². The van der Waals surface area contributed by atoms with Crippen molar-refractivity contribution in [3.05, 3.63) is 53.3 Å². The average molecular weight is 401 g/mol. The van der Waals surface area contributed by atoms with Crippen LogP contribution in [0.25, 0.3) is 0 Å². The van der Waals surface area contributed by atoms with Crippen molar-refractivity contribution in [2.24, 2.45) is 5.73 Å². The Kier molecular flexibility index (Phi) is 6.33. The molecule has 2 aromatic rings. The van der Waals surface area contributed by atoms with Gasteiger partial charge in [0.05, 0.1) is 13.2 Å². The molecule has 3 rings (SSSR count). The zero-order valence-corrected chi connectivity index (χ0v) is 16.4. The fraction of sp³-hybridized carbons (Fsp3) is 0.333. The first-order valence-corrected chi connectivity index (χ1v) is 9.38. The summed E-state index contributed by atoms with van der Waals surface area (Å²) in [6.07, 6.45) is 0.276. The summed E-state index contributed by atoms with van der Waals surface area (Å²) < 4.78 is 25.2. The minimum atomic E-state index is -0.561. The lowest BCUT2D eigenvalue weighted by Gasteiger charge is -2.16. The minimum absolute atomic E-state index is 0.00182. The van der Waals surface area contributed by atoms with E-state index >= 15 is 0 Å². The van der Waals surface area contributed by atoms with Gasteiger partial charge in [-0.2, -0.15) is 0 Å². The first kappa shape index (κ1) is 20.6. The molecule has 154 valence electrons. The molecule has 2 amide bonds. The molecule has 0 radical (unpaired) electrons. The summed E-state index contributed by atoms with van der Waals surface area (Å²) in [6, 6.07) is 8.85. The number of ether oxygens (including phenoxy) is 2. The monoisotopic (exact) mass is 401 g/mol. The molecular weight excluding hydrogens is 377 g/mol. The third-order valence-corrected chi connectivity index (χ3v) is 4.81. The van der Waals surface area contributed by atoms with E-state index in [4.69, 9.17) is 15.2 Å². The molecule has 0 spiro atoms. The number of methoxy groups -OCH3 is 1. The summed E-state index contributed by atoms with van der Waals surface area (Å²) in [6.45, 7) is 3.21. The van der Waals surface area contributed by atoms with Crippen LogP contribution < -0.4 is 20.5 Å². The number of hydrogen-bond acceptors (Lipinski definition) is 5. The van der Waals surface area contributed by atoms with Gasteiger partial charge in [0, 0.05) is 31.6 Å². The number of likely N-dealkylation sites (N-methyl/N-ethyl adjacent to an activating group) is 1. The van der Waals surface area contributed by atoms with Crippen LogP contribution in [-0.4, -0.2) is 43.0 Å². The van der Waals surface area contributed by atoms with Crippen LogP contribution in [0.3, 0.4) is 0 Å². The highest BCUT2D eigenvalue weighted by molar-refractivity contribution is 5.95. The Morgan fingerprint density at radius 1 is 1.24 bits per heavy atom. The number of nitrogens with zero attached hydrogens (tertiary/aromatic N) is 1. The van der Waals surface area contributed by atoms with Crippen molar-refractivity contribution in [3.63, 3.8) is 0 Å². The molecule has 2 aromatic carbocycles. The summed E-state index contributed by atoms with van der Waals surface area (Å²) in [5.41, 5.74) is 6.48. The Balaban J connectivity index is 1.78. The van der Waals surface area contributed by atoms with Crippen molar-refractivity contribution in [2.45, 2.75) is 25.9 Å². The third-order valence-electron chi connectivity index (χ3n) is 4.81. The van der Waals surface area contributed by atoms with Crippen LogP contribution in [0.5, 0.6) is 17.2 Å². The van der Waals surface area contributed by atoms with Gasteiger partial charge in [-0.15, -0.1) is 0 Å². The third kappa shape index (κ3) is 4.65. The zero-order valence-electron chi connectivity index (χ0n) is 16.4. The molecule has 8 heteroatoms. The molecule has 1 aliphatic heterocycles. The van der Waals surface area contributed by atoms with Crippen LogP contribution >= 0.6 is 0 Å². The number of nitrogens with two attached hydrogens (primary N) is 1. The van der Waals surface area contributed by atoms with E-state index in [0.717, 1.165) is 0 Å². The lowest BCUT2D eigenvalue weighted by molar-refractivity contribution is -0.127. The van der Waals surface area contributed by atoms with Gasteiger partial charge in [0.15, 0.2) is 23.1 Å². The minimum Gasteiger partial charge on any atom is -0.493 e. The molecule has 1 aliphatic rings. The van der Waals surface area contributed by atoms with E-state index in [9.17, 15) is 14.0 Å². The van der Waals surface area contributed by atoms with Crippen molar-refractivity contribution in [3.8, 4) is 17.2 Å². The van der Waals surface area contributed by atoms with Gasteiger partial charge in [-0.05, 0) is 42.8 Å². The molecule has 0 aromatic heterocycles. The summed E-state index contributed by atoms with van der Waals surface area (Å²) in [5.74, 6) is -0.318. The van der Waals surface area contributed by atoms with E-state index in [0.29, 0.717) is 30.0 Å². The maximum atomic E-state index is 14.3. The van der Waals surface area contributed by atoms with Crippen molar-refractivity contribution < 1.29 is 23.5 Å². The molecule has 29 heavy (non-hydrogen) atoms. The molecule has 0 aliphatic carbocycles. The van der Waals surface area contributed by atoms with Gasteiger partial charge in [0.2, 0.25) is 5.91 Å². The number of halogens is 1. The molecule has 3 N–H and O–H groups in total. The van der Waals surface area contributed by atoms with Crippen LogP contribution in [-0.2, 0) is 11.3 Å².